The number of anilines is 1. The minimum absolute atomic E-state index is 0.0129. The van der Waals surface area contributed by atoms with Gasteiger partial charge in [0.25, 0.3) is 17.2 Å². The molecule has 43 heavy (non-hydrogen) atoms. The topological polar surface area (TPSA) is 147 Å². The van der Waals surface area contributed by atoms with Crippen LogP contribution in [0.1, 0.15) is 24.0 Å². The largest absolute Gasteiger partial charge is 0.463 e. The molecule has 2 heterocycles. The molecule has 3 N–H and O–H groups in total. The number of ether oxygens (including phenoxy) is 1. The average Bonchev–Trinajstić information content (AvgIpc) is 3.30. The Labute approximate surface area is 245 Å². The average molecular weight is 605 g/mol. The van der Waals surface area contributed by atoms with E-state index >= 15 is 4.39 Å². The van der Waals surface area contributed by atoms with Crippen molar-refractivity contribution in [1.82, 2.24) is 4.57 Å². The predicted octanol–water partition coefficient (Wildman–Crippen LogP) is 3.20. The van der Waals surface area contributed by atoms with Crippen LogP contribution >= 0.6 is 11.3 Å². The number of hydrogen-bond acceptors (Lipinski definition) is 8. The van der Waals surface area contributed by atoms with E-state index in [9.17, 15) is 28.9 Å². The normalized spacial score (nSPS) is 14.8. The third kappa shape index (κ3) is 5.45. The van der Waals surface area contributed by atoms with E-state index in [1.165, 1.54) is 66.7 Å². The molecule has 13 heteroatoms. The van der Waals surface area contributed by atoms with E-state index in [2.05, 4.69) is 5.32 Å². The summed E-state index contributed by atoms with van der Waals surface area (Å²) in [4.78, 5) is 51.5. The smallest absolute Gasteiger partial charge is 0.338 e. The second-order valence-corrected chi connectivity index (χ2v) is 10.3. The van der Waals surface area contributed by atoms with Gasteiger partial charge in [-0.15, -0.1) is 11.3 Å². The number of non-ortho nitro benzene ring substituents is 1. The molecule has 0 spiro atoms. The Bertz CT molecular complexity index is 2000. The van der Waals surface area contributed by atoms with Crippen LogP contribution in [0.4, 0.5) is 20.2 Å². The van der Waals surface area contributed by atoms with Crippen LogP contribution in [0, 0.1) is 21.7 Å². The van der Waals surface area contributed by atoms with Gasteiger partial charge in [-0.2, -0.15) is 0 Å². The number of halogens is 2. The molecule has 3 aromatic carbocycles. The highest BCUT2D eigenvalue weighted by Crippen LogP contribution is 2.39. The van der Waals surface area contributed by atoms with Crippen LogP contribution in [0.2, 0.25) is 0 Å². The summed E-state index contributed by atoms with van der Waals surface area (Å²) in [7, 11) is 0. The molecular weight excluding hydrogens is 582 g/mol. The molecule has 1 aromatic heterocycles. The minimum atomic E-state index is -1.42. The summed E-state index contributed by atoms with van der Waals surface area (Å²) < 4.78 is 36.0. The van der Waals surface area contributed by atoms with Crippen molar-refractivity contribution in [3.63, 3.8) is 0 Å². The fraction of sp³-hybridized carbons (Fsp3) is 0.100. The number of nitrogens with zero attached hydrogens (tertiary/aromatic N) is 2. The summed E-state index contributed by atoms with van der Waals surface area (Å²) in [6.45, 7) is 1.47. The highest BCUT2D eigenvalue weighted by Gasteiger charge is 2.40. The van der Waals surface area contributed by atoms with Crippen molar-refractivity contribution in [3.05, 3.63) is 131 Å². The lowest BCUT2D eigenvalue weighted by Crippen LogP contribution is -2.42. The van der Waals surface area contributed by atoms with Crippen LogP contribution in [0.5, 0.6) is 0 Å². The van der Waals surface area contributed by atoms with Crippen LogP contribution in [0.3, 0.4) is 0 Å². The standard InChI is InChI=1S/C30H22F2N4O6S/c1-2-42-30(39)24-23(19-8-4-6-10-21(19)32)25(27(37)34-17-11-13-18(14-12-17)36(40)41)29-35(26(24)33)28(38)22(43-29)15-16-7-3-5-9-20(16)31/h3-15,23H,2,33H2,1H3,(H,34,37)/b22-15-. The molecule has 218 valence electrons. The molecule has 5 rings (SSSR count). The number of fused-ring (bicyclic) bond motifs is 1. The number of thiazole rings is 1. The molecule has 4 aromatic rings. The molecule has 1 aliphatic rings. The first-order valence-electron chi connectivity index (χ1n) is 12.8. The van der Waals surface area contributed by atoms with Crippen molar-refractivity contribution >= 4 is 52.1 Å². The van der Waals surface area contributed by atoms with Crippen molar-refractivity contribution in [2.45, 2.75) is 12.8 Å². The van der Waals surface area contributed by atoms with E-state index in [4.69, 9.17) is 10.5 Å². The first-order chi connectivity index (χ1) is 20.6. The van der Waals surface area contributed by atoms with Gasteiger partial charge in [-0.3, -0.25) is 24.3 Å². The maximum atomic E-state index is 15.4. The van der Waals surface area contributed by atoms with Gasteiger partial charge in [0.2, 0.25) is 0 Å². The molecule has 1 atom stereocenters. The number of amides is 1. The first kappa shape index (κ1) is 29.1. The third-order valence-electron chi connectivity index (χ3n) is 6.63. The Morgan fingerprint density at radius 2 is 1.70 bits per heavy atom. The Morgan fingerprint density at radius 1 is 1.05 bits per heavy atom. The Balaban J connectivity index is 1.83. The van der Waals surface area contributed by atoms with Crippen molar-refractivity contribution in [2.75, 3.05) is 11.9 Å². The summed E-state index contributed by atoms with van der Waals surface area (Å²) in [5, 5.41) is 13.7. The van der Waals surface area contributed by atoms with Gasteiger partial charge in [0.1, 0.15) is 22.1 Å². The molecule has 0 fully saturated rings. The van der Waals surface area contributed by atoms with Crippen molar-refractivity contribution in [3.8, 4) is 0 Å². The summed E-state index contributed by atoms with van der Waals surface area (Å²) in [6, 6.07) is 16.2. The van der Waals surface area contributed by atoms with Gasteiger partial charge >= 0.3 is 5.97 Å². The van der Waals surface area contributed by atoms with Gasteiger partial charge in [-0.25, -0.2) is 13.6 Å². The molecule has 10 nitrogen and oxygen atoms in total. The number of benzene rings is 3. The molecule has 0 radical (unpaired) electrons. The van der Waals surface area contributed by atoms with E-state index in [0.29, 0.717) is 0 Å². The summed E-state index contributed by atoms with van der Waals surface area (Å²) >= 11 is 0.806. The Hall–Kier alpha value is -5.43. The SMILES string of the molecule is CCOC(=O)C1=C(N)n2c(s/c(=C\c3ccccc3F)c2=O)=C(C(=O)Nc2ccc([N+](=O)[O-])cc2)C1c1ccccc1F. The summed E-state index contributed by atoms with van der Waals surface area (Å²) in [5.41, 5.74) is 5.07. The maximum absolute atomic E-state index is 15.4. The molecule has 0 saturated carbocycles. The van der Waals surface area contributed by atoms with Gasteiger partial charge in [0.15, 0.2) is 0 Å². The number of carbonyl (C=O) groups is 2. The number of aromatic nitrogens is 1. The van der Waals surface area contributed by atoms with Crippen molar-refractivity contribution < 1.29 is 28.0 Å². The van der Waals surface area contributed by atoms with Gasteiger partial charge in [-0.1, -0.05) is 36.4 Å². The molecule has 0 saturated heterocycles. The lowest BCUT2D eigenvalue weighted by Gasteiger charge is -2.27. The van der Waals surface area contributed by atoms with E-state index in [1.807, 2.05) is 0 Å². The molecular formula is C30H22F2N4O6S. The van der Waals surface area contributed by atoms with Crippen LogP contribution < -0.4 is 25.8 Å². The number of hydrogen-bond donors (Lipinski definition) is 2. The van der Waals surface area contributed by atoms with E-state index in [-0.39, 0.29) is 55.3 Å². The van der Waals surface area contributed by atoms with Crippen molar-refractivity contribution in [2.24, 2.45) is 5.73 Å². The Kier molecular flexibility index (Phi) is 7.99. The highest BCUT2D eigenvalue weighted by molar-refractivity contribution is 7.07. The number of esters is 1. The number of carbonyl (C=O) groups excluding carboxylic acids is 2. The van der Waals surface area contributed by atoms with E-state index in [0.717, 1.165) is 22.0 Å². The van der Waals surface area contributed by atoms with Crippen LogP contribution in [0.15, 0.2) is 83.2 Å². The number of nitro groups is 1. The van der Waals surface area contributed by atoms with Crippen LogP contribution in [-0.4, -0.2) is 28.0 Å². The molecule has 0 bridgehead atoms. The number of rotatable bonds is 7. The van der Waals surface area contributed by atoms with Crippen molar-refractivity contribution in [1.29, 1.82) is 0 Å². The fourth-order valence-corrected chi connectivity index (χ4v) is 5.86. The second-order valence-electron chi connectivity index (χ2n) is 9.22. The fourth-order valence-electron chi connectivity index (χ4n) is 4.70. The van der Waals surface area contributed by atoms with Gasteiger partial charge in [0.05, 0.1) is 33.1 Å². The number of nitro benzene ring substituents is 1. The lowest BCUT2D eigenvalue weighted by molar-refractivity contribution is -0.384. The number of nitrogens with two attached hydrogens (primary N) is 1. The molecule has 1 aliphatic heterocycles. The quantitative estimate of drug-likeness (QED) is 0.187. The Morgan fingerprint density at radius 3 is 2.33 bits per heavy atom. The summed E-state index contributed by atoms with van der Waals surface area (Å²) in [5.74, 6) is -4.96. The third-order valence-corrected chi connectivity index (χ3v) is 7.74. The zero-order chi connectivity index (χ0) is 30.8. The number of nitrogens with one attached hydrogen (secondary N) is 1. The van der Waals surface area contributed by atoms with Crippen LogP contribution in [-0.2, 0) is 14.3 Å². The van der Waals surface area contributed by atoms with Gasteiger partial charge < -0.3 is 15.8 Å². The zero-order valence-electron chi connectivity index (χ0n) is 22.4. The molecule has 1 amide bonds. The highest BCUT2D eigenvalue weighted by atomic mass is 32.1. The lowest BCUT2D eigenvalue weighted by atomic mass is 9.82. The second kappa shape index (κ2) is 11.8. The van der Waals surface area contributed by atoms with E-state index in [1.54, 1.807) is 13.0 Å². The van der Waals surface area contributed by atoms with Crippen LogP contribution in [0.25, 0.3) is 17.5 Å². The van der Waals surface area contributed by atoms with Gasteiger partial charge in [0, 0.05) is 28.9 Å². The molecule has 1 unspecified atom stereocenters. The molecule has 0 aliphatic carbocycles. The zero-order valence-corrected chi connectivity index (χ0v) is 23.2. The van der Waals surface area contributed by atoms with Gasteiger partial charge in [-0.05, 0) is 37.3 Å². The minimum Gasteiger partial charge on any atom is -0.463 e. The first-order valence-corrected chi connectivity index (χ1v) is 13.6. The summed E-state index contributed by atoms with van der Waals surface area (Å²) in [6.07, 6.45) is 1.29. The van der Waals surface area contributed by atoms with E-state index < -0.39 is 39.9 Å². The predicted molar refractivity (Wildman–Crippen MR) is 156 cm³/mol. The maximum Gasteiger partial charge on any atom is 0.338 e. The monoisotopic (exact) mass is 604 g/mol.